The highest BCUT2D eigenvalue weighted by Gasteiger charge is 2.09. The summed E-state index contributed by atoms with van der Waals surface area (Å²) in [5.41, 5.74) is 5.91. The van der Waals surface area contributed by atoms with Crippen LogP contribution in [0.1, 0.15) is 6.92 Å². The first-order valence-corrected chi connectivity index (χ1v) is 4.82. The number of aromatic nitrogens is 2. The zero-order chi connectivity index (χ0) is 12.1. The van der Waals surface area contributed by atoms with E-state index < -0.39 is 6.04 Å². The van der Waals surface area contributed by atoms with E-state index in [4.69, 9.17) is 5.73 Å². The number of amides is 2. The predicted octanol–water partition coefficient (Wildman–Crippen LogP) is -1.09. The summed E-state index contributed by atoms with van der Waals surface area (Å²) >= 11 is 0. The molecule has 2 amide bonds. The van der Waals surface area contributed by atoms with Crippen LogP contribution in [0.25, 0.3) is 0 Å². The van der Waals surface area contributed by atoms with E-state index in [0.717, 1.165) is 0 Å². The minimum Gasteiger partial charge on any atom is -0.358 e. The highest BCUT2D eigenvalue weighted by Crippen LogP contribution is 2.04. The normalized spacial score (nSPS) is 11.9. The zero-order valence-electron chi connectivity index (χ0n) is 9.23. The lowest BCUT2D eigenvalue weighted by Gasteiger charge is -2.04. The Balaban J connectivity index is 2.58. The van der Waals surface area contributed by atoms with Gasteiger partial charge >= 0.3 is 0 Å². The topological polar surface area (TPSA) is 102 Å². The second-order valence-electron chi connectivity index (χ2n) is 3.38. The van der Waals surface area contributed by atoms with E-state index in [0.29, 0.717) is 5.69 Å². The summed E-state index contributed by atoms with van der Waals surface area (Å²) in [6.45, 7) is 1.70. The van der Waals surface area contributed by atoms with Gasteiger partial charge in [0.05, 0.1) is 17.9 Å². The van der Waals surface area contributed by atoms with Crippen molar-refractivity contribution in [2.24, 2.45) is 5.73 Å². The van der Waals surface area contributed by atoms with Crippen LogP contribution < -0.4 is 16.4 Å². The monoisotopic (exact) mass is 225 g/mol. The van der Waals surface area contributed by atoms with Crippen LogP contribution in [0.3, 0.4) is 0 Å². The third-order valence-electron chi connectivity index (χ3n) is 1.90. The Hall–Kier alpha value is -1.89. The maximum atomic E-state index is 11.2. The van der Waals surface area contributed by atoms with Gasteiger partial charge in [-0.05, 0) is 6.92 Å². The molecule has 88 valence electrons. The van der Waals surface area contributed by atoms with Gasteiger partial charge in [0.1, 0.15) is 6.54 Å². The van der Waals surface area contributed by atoms with Crippen LogP contribution in [0, 0.1) is 0 Å². The number of hydrogen-bond donors (Lipinski definition) is 3. The van der Waals surface area contributed by atoms with E-state index >= 15 is 0 Å². The van der Waals surface area contributed by atoms with Crippen molar-refractivity contribution >= 4 is 17.5 Å². The fourth-order valence-corrected chi connectivity index (χ4v) is 0.997. The molecule has 0 aliphatic rings. The highest BCUT2D eigenvalue weighted by atomic mass is 16.2. The van der Waals surface area contributed by atoms with Gasteiger partial charge in [0.25, 0.3) is 0 Å². The molecule has 4 N–H and O–H groups in total. The number of nitrogens with two attached hydrogens (primary N) is 1. The van der Waals surface area contributed by atoms with Crippen LogP contribution in [-0.4, -0.2) is 34.7 Å². The van der Waals surface area contributed by atoms with Crippen molar-refractivity contribution in [3.05, 3.63) is 12.4 Å². The lowest BCUT2D eigenvalue weighted by Crippen LogP contribution is -2.32. The number of carbonyl (C=O) groups excluding carboxylic acids is 2. The van der Waals surface area contributed by atoms with Crippen LogP contribution >= 0.6 is 0 Å². The van der Waals surface area contributed by atoms with Crippen LogP contribution in [0.5, 0.6) is 0 Å². The first kappa shape index (κ1) is 12.2. The lowest BCUT2D eigenvalue weighted by atomic mass is 10.3. The van der Waals surface area contributed by atoms with Crippen LogP contribution in [-0.2, 0) is 16.1 Å². The molecule has 1 aromatic heterocycles. The van der Waals surface area contributed by atoms with Crippen molar-refractivity contribution in [3.8, 4) is 0 Å². The standard InChI is InChI=1S/C9H15N5O2/c1-6(10)9(16)13-7-3-12-14(4-7)5-8(15)11-2/h3-4,6H,5,10H2,1-2H3,(H,11,15)(H,13,16). The van der Waals surface area contributed by atoms with Crippen molar-refractivity contribution in [3.63, 3.8) is 0 Å². The molecule has 0 saturated carbocycles. The van der Waals surface area contributed by atoms with Crippen molar-refractivity contribution < 1.29 is 9.59 Å². The molecule has 0 spiro atoms. The van der Waals surface area contributed by atoms with E-state index in [-0.39, 0.29) is 18.4 Å². The van der Waals surface area contributed by atoms with Crippen LogP contribution in [0.4, 0.5) is 5.69 Å². The van der Waals surface area contributed by atoms with E-state index in [9.17, 15) is 9.59 Å². The summed E-state index contributed by atoms with van der Waals surface area (Å²) in [6, 6.07) is -0.581. The summed E-state index contributed by atoms with van der Waals surface area (Å²) in [7, 11) is 1.55. The molecule has 16 heavy (non-hydrogen) atoms. The Bertz CT molecular complexity index is 385. The average Bonchev–Trinajstić information content (AvgIpc) is 2.65. The molecule has 1 unspecified atom stereocenters. The van der Waals surface area contributed by atoms with Crippen molar-refractivity contribution in [2.45, 2.75) is 19.5 Å². The quantitative estimate of drug-likeness (QED) is 0.606. The second kappa shape index (κ2) is 5.26. The van der Waals surface area contributed by atoms with Gasteiger partial charge in [-0.3, -0.25) is 14.3 Å². The molecule has 0 aliphatic heterocycles. The largest absolute Gasteiger partial charge is 0.358 e. The predicted molar refractivity (Wildman–Crippen MR) is 58.6 cm³/mol. The molecule has 1 rings (SSSR count). The van der Waals surface area contributed by atoms with Gasteiger partial charge < -0.3 is 16.4 Å². The van der Waals surface area contributed by atoms with Crippen molar-refractivity contribution in [1.29, 1.82) is 0 Å². The summed E-state index contributed by atoms with van der Waals surface area (Å²) < 4.78 is 1.43. The molecule has 1 aromatic rings. The molecule has 1 atom stereocenters. The number of carbonyl (C=O) groups is 2. The van der Waals surface area contributed by atoms with Gasteiger partial charge in [-0.15, -0.1) is 0 Å². The number of anilines is 1. The third kappa shape index (κ3) is 3.35. The first-order valence-electron chi connectivity index (χ1n) is 4.82. The van der Waals surface area contributed by atoms with Gasteiger partial charge in [0.2, 0.25) is 11.8 Å². The van der Waals surface area contributed by atoms with Crippen LogP contribution in [0.15, 0.2) is 12.4 Å². The average molecular weight is 225 g/mol. The summed E-state index contributed by atoms with van der Waals surface area (Å²) in [6.07, 6.45) is 3.03. The Morgan fingerprint density at radius 3 is 2.88 bits per heavy atom. The number of rotatable bonds is 4. The first-order chi connectivity index (χ1) is 7.52. The molecule has 7 nitrogen and oxygen atoms in total. The van der Waals surface area contributed by atoms with Crippen LogP contribution in [0.2, 0.25) is 0 Å². The van der Waals surface area contributed by atoms with Gasteiger partial charge in [-0.1, -0.05) is 0 Å². The molecule has 0 radical (unpaired) electrons. The molecular formula is C9H15N5O2. The van der Waals surface area contributed by atoms with Crippen molar-refractivity contribution in [1.82, 2.24) is 15.1 Å². The number of likely N-dealkylation sites (N-methyl/N-ethyl adjacent to an activating group) is 1. The number of nitrogens with one attached hydrogen (secondary N) is 2. The molecule has 0 aromatic carbocycles. The van der Waals surface area contributed by atoms with E-state index in [2.05, 4.69) is 15.7 Å². The maximum absolute atomic E-state index is 11.2. The Labute approximate surface area is 93.0 Å². The number of nitrogens with zero attached hydrogens (tertiary/aromatic N) is 2. The zero-order valence-corrected chi connectivity index (χ0v) is 9.23. The molecule has 0 fully saturated rings. The van der Waals surface area contributed by atoms with Gasteiger partial charge in [0.15, 0.2) is 0 Å². The minimum absolute atomic E-state index is 0.116. The van der Waals surface area contributed by atoms with Gasteiger partial charge in [-0.2, -0.15) is 5.10 Å². The number of hydrogen-bond acceptors (Lipinski definition) is 4. The Morgan fingerprint density at radius 1 is 1.62 bits per heavy atom. The minimum atomic E-state index is -0.581. The Morgan fingerprint density at radius 2 is 2.31 bits per heavy atom. The highest BCUT2D eigenvalue weighted by molar-refractivity contribution is 5.94. The summed E-state index contributed by atoms with van der Waals surface area (Å²) in [5.74, 6) is -0.451. The van der Waals surface area contributed by atoms with E-state index in [1.165, 1.54) is 10.9 Å². The van der Waals surface area contributed by atoms with Crippen molar-refractivity contribution in [2.75, 3.05) is 12.4 Å². The fourth-order valence-electron chi connectivity index (χ4n) is 0.997. The van der Waals surface area contributed by atoms with E-state index in [1.54, 1.807) is 20.2 Å². The molecule has 0 bridgehead atoms. The molecule has 0 saturated heterocycles. The third-order valence-corrected chi connectivity index (χ3v) is 1.90. The summed E-state index contributed by atoms with van der Waals surface area (Å²) in [4.78, 5) is 22.3. The maximum Gasteiger partial charge on any atom is 0.241 e. The molecular weight excluding hydrogens is 210 g/mol. The smallest absolute Gasteiger partial charge is 0.241 e. The molecule has 7 heteroatoms. The van der Waals surface area contributed by atoms with E-state index in [1.807, 2.05) is 0 Å². The lowest BCUT2D eigenvalue weighted by molar-refractivity contribution is -0.121. The summed E-state index contributed by atoms with van der Waals surface area (Å²) in [5, 5.41) is 8.97. The fraction of sp³-hybridized carbons (Fsp3) is 0.444. The second-order valence-corrected chi connectivity index (χ2v) is 3.38. The van der Waals surface area contributed by atoms with Gasteiger partial charge in [-0.25, -0.2) is 0 Å². The molecule has 0 aliphatic carbocycles. The SMILES string of the molecule is CNC(=O)Cn1cc(NC(=O)C(C)N)cn1. The Kier molecular flexibility index (Phi) is 4.01. The van der Waals surface area contributed by atoms with Gasteiger partial charge in [0, 0.05) is 13.2 Å². The molecule has 1 heterocycles.